The van der Waals surface area contributed by atoms with Crippen molar-refractivity contribution in [3.63, 3.8) is 0 Å². The molecule has 7 heteroatoms. The third kappa shape index (κ3) is 3.24. The Hall–Kier alpha value is -1.89. The predicted molar refractivity (Wildman–Crippen MR) is 81.6 cm³/mol. The molecule has 1 atom stereocenters. The topological polar surface area (TPSA) is 86.9 Å². The van der Waals surface area contributed by atoms with Crippen LogP contribution < -0.4 is 0 Å². The van der Waals surface area contributed by atoms with E-state index in [0.717, 1.165) is 43.9 Å². The van der Waals surface area contributed by atoms with E-state index in [1.165, 1.54) is 11.8 Å². The number of amides is 1. The van der Waals surface area contributed by atoms with Crippen LogP contribution in [0, 0.1) is 12.3 Å². The molecule has 1 spiro atoms. The number of carboxylic acids is 1. The van der Waals surface area contributed by atoms with Crippen LogP contribution in [0.2, 0.25) is 0 Å². The molecule has 2 fully saturated rings. The lowest BCUT2D eigenvalue weighted by Crippen LogP contribution is -2.42. The van der Waals surface area contributed by atoms with Crippen LogP contribution in [0.25, 0.3) is 0 Å². The van der Waals surface area contributed by atoms with Gasteiger partial charge in [0.05, 0.1) is 12.2 Å². The molecule has 0 aromatic carbocycles. The predicted octanol–water partition coefficient (Wildman–Crippen LogP) is 1.27. The summed E-state index contributed by atoms with van der Waals surface area (Å²) >= 11 is 0. The summed E-state index contributed by atoms with van der Waals surface area (Å²) in [6.45, 7) is 6.43. The van der Waals surface area contributed by atoms with E-state index in [2.05, 4.69) is 10.1 Å². The van der Waals surface area contributed by atoms with Crippen LogP contribution in [-0.4, -0.2) is 57.6 Å². The molecular weight excluding hydrogens is 298 g/mol. The standard InChI is InChI=1S/C16H23N3O4/c1-11-7-13(23-17-11)9-18-5-3-16(4-6-18)8-14(15(21)22)19(10-16)12(2)20/h7,14H,3-6,8-10H2,1-2H3,(H,21,22)/t14-/m1/s1. The van der Waals surface area contributed by atoms with E-state index in [9.17, 15) is 14.7 Å². The zero-order valence-corrected chi connectivity index (χ0v) is 13.6. The normalized spacial score (nSPS) is 24.3. The molecule has 0 bridgehead atoms. The Labute approximate surface area is 135 Å². The summed E-state index contributed by atoms with van der Waals surface area (Å²) in [6, 6.07) is 1.27. The van der Waals surface area contributed by atoms with E-state index in [4.69, 9.17) is 4.52 Å². The van der Waals surface area contributed by atoms with Gasteiger partial charge in [-0.1, -0.05) is 5.16 Å². The van der Waals surface area contributed by atoms with Gasteiger partial charge in [0, 0.05) is 19.5 Å². The molecule has 3 rings (SSSR count). The second-order valence-corrected chi connectivity index (χ2v) is 6.92. The minimum absolute atomic E-state index is 0.0530. The van der Waals surface area contributed by atoms with Gasteiger partial charge in [-0.2, -0.15) is 0 Å². The van der Waals surface area contributed by atoms with Gasteiger partial charge in [0.25, 0.3) is 0 Å². The Kier molecular flexibility index (Phi) is 4.14. The number of carboxylic acid groups (broad SMARTS) is 1. The molecule has 23 heavy (non-hydrogen) atoms. The number of aliphatic carboxylic acids is 1. The average Bonchev–Trinajstić information content (AvgIpc) is 3.06. The number of nitrogens with zero attached hydrogens (tertiary/aromatic N) is 3. The van der Waals surface area contributed by atoms with Gasteiger partial charge in [-0.05, 0) is 44.7 Å². The van der Waals surface area contributed by atoms with Gasteiger partial charge in [-0.3, -0.25) is 9.69 Å². The highest BCUT2D eigenvalue weighted by molar-refractivity contribution is 5.83. The van der Waals surface area contributed by atoms with Gasteiger partial charge in [-0.15, -0.1) is 0 Å². The van der Waals surface area contributed by atoms with Crippen LogP contribution >= 0.6 is 0 Å². The maximum absolute atomic E-state index is 11.7. The zero-order valence-electron chi connectivity index (χ0n) is 13.6. The largest absolute Gasteiger partial charge is 0.480 e. The first-order valence-electron chi connectivity index (χ1n) is 8.03. The van der Waals surface area contributed by atoms with E-state index >= 15 is 0 Å². The van der Waals surface area contributed by atoms with Crippen LogP contribution in [0.5, 0.6) is 0 Å². The molecule has 3 heterocycles. The fourth-order valence-corrected chi connectivity index (χ4v) is 3.87. The molecule has 1 amide bonds. The number of likely N-dealkylation sites (tertiary alicyclic amines) is 2. The number of carbonyl (C=O) groups excluding carboxylic acids is 1. The maximum atomic E-state index is 11.7. The van der Waals surface area contributed by atoms with Crippen molar-refractivity contribution in [3.05, 3.63) is 17.5 Å². The molecule has 2 saturated heterocycles. The summed E-state index contributed by atoms with van der Waals surface area (Å²) in [6.07, 6.45) is 2.39. The second-order valence-electron chi connectivity index (χ2n) is 6.92. The number of aryl methyl sites for hydroxylation is 1. The van der Waals surface area contributed by atoms with Crippen molar-refractivity contribution in [2.75, 3.05) is 19.6 Å². The number of carbonyl (C=O) groups is 2. The Balaban J connectivity index is 1.61. The fraction of sp³-hybridized carbons (Fsp3) is 0.688. The first kappa shape index (κ1) is 16.0. The Morgan fingerprint density at radius 2 is 2.13 bits per heavy atom. The van der Waals surface area contributed by atoms with E-state index in [0.29, 0.717) is 13.0 Å². The highest BCUT2D eigenvalue weighted by atomic mass is 16.5. The maximum Gasteiger partial charge on any atom is 0.326 e. The quantitative estimate of drug-likeness (QED) is 0.902. The minimum atomic E-state index is -0.892. The number of hydrogen-bond acceptors (Lipinski definition) is 5. The molecule has 0 saturated carbocycles. The number of hydrogen-bond donors (Lipinski definition) is 1. The molecule has 0 unspecified atom stereocenters. The molecule has 0 aliphatic carbocycles. The molecule has 0 radical (unpaired) electrons. The summed E-state index contributed by atoms with van der Waals surface area (Å²) in [7, 11) is 0. The molecule has 1 aromatic heterocycles. The van der Waals surface area contributed by atoms with Gasteiger partial charge in [0.1, 0.15) is 6.04 Å². The fourth-order valence-electron chi connectivity index (χ4n) is 3.87. The zero-order chi connectivity index (χ0) is 16.6. The Morgan fingerprint density at radius 3 is 2.61 bits per heavy atom. The molecule has 2 aliphatic heterocycles. The van der Waals surface area contributed by atoms with E-state index in [1.807, 2.05) is 13.0 Å². The lowest BCUT2D eigenvalue weighted by molar-refractivity contribution is -0.147. The smallest absolute Gasteiger partial charge is 0.326 e. The van der Waals surface area contributed by atoms with Crippen molar-refractivity contribution in [2.24, 2.45) is 5.41 Å². The molecule has 1 N–H and O–H groups in total. The van der Waals surface area contributed by atoms with Gasteiger partial charge in [0.15, 0.2) is 5.76 Å². The van der Waals surface area contributed by atoms with Crippen LogP contribution in [-0.2, 0) is 16.1 Å². The van der Waals surface area contributed by atoms with Gasteiger partial charge in [-0.25, -0.2) is 4.79 Å². The van der Waals surface area contributed by atoms with Crippen molar-refractivity contribution in [3.8, 4) is 0 Å². The molecule has 7 nitrogen and oxygen atoms in total. The third-order valence-electron chi connectivity index (χ3n) is 5.17. The summed E-state index contributed by atoms with van der Waals surface area (Å²) in [5.41, 5.74) is 0.827. The Morgan fingerprint density at radius 1 is 1.43 bits per heavy atom. The number of piperidine rings is 1. The van der Waals surface area contributed by atoms with Crippen molar-refractivity contribution in [2.45, 2.75) is 45.7 Å². The molecular formula is C16H23N3O4. The second kappa shape index (κ2) is 5.96. The summed E-state index contributed by atoms with van der Waals surface area (Å²) in [5.74, 6) is -0.177. The van der Waals surface area contributed by atoms with Crippen molar-refractivity contribution in [1.29, 1.82) is 0 Å². The van der Waals surface area contributed by atoms with Crippen LogP contribution in [0.15, 0.2) is 10.6 Å². The lowest BCUT2D eigenvalue weighted by Gasteiger charge is -2.38. The van der Waals surface area contributed by atoms with Crippen molar-refractivity contribution >= 4 is 11.9 Å². The van der Waals surface area contributed by atoms with Crippen LogP contribution in [0.1, 0.15) is 37.6 Å². The third-order valence-corrected chi connectivity index (χ3v) is 5.17. The minimum Gasteiger partial charge on any atom is -0.480 e. The monoisotopic (exact) mass is 321 g/mol. The first-order chi connectivity index (χ1) is 10.9. The average molecular weight is 321 g/mol. The number of aromatic nitrogens is 1. The van der Waals surface area contributed by atoms with Crippen molar-refractivity contribution < 1.29 is 19.2 Å². The van der Waals surface area contributed by atoms with Gasteiger partial charge >= 0.3 is 5.97 Å². The molecule has 1 aromatic rings. The Bertz CT molecular complexity index is 580. The number of rotatable bonds is 3. The van der Waals surface area contributed by atoms with Crippen LogP contribution in [0.4, 0.5) is 0 Å². The van der Waals surface area contributed by atoms with Crippen LogP contribution in [0.3, 0.4) is 0 Å². The van der Waals surface area contributed by atoms with E-state index in [-0.39, 0.29) is 11.3 Å². The van der Waals surface area contributed by atoms with E-state index in [1.54, 1.807) is 0 Å². The SMILES string of the molecule is CC(=O)N1CC2(CCN(Cc3cc(C)no3)CC2)C[C@@H]1C(=O)O. The summed E-state index contributed by atoms with van der Waals surface area (Å²) < 4.78 is 5.26. The summed E-state index contributed by atoms with van der Waals surface area (Å²) in [4.78, 5) is 27.0. The lowest BCUT2D eigenvalue weighted by atomic mass is 9.76. The van der Waals surface area contributed by atoms with Gasteiger partial charge in [0.2, 0.25) is 5.91 Å². The van der Waals surface area contributed by atoms with E-state index < -0.39 is 12.0 Å². The van der Waals surface area contributed by atoms with Crippen molar-refractivity contribution in [1.82, 2.24) is 15.0 Å². The summed E-state index contributed by atoms with van der Waals surface area (Å²) in [5, 5.41) is 13.3. The first-order valence-corrected chi connectivity index (χ1v) is 8.03. The van der Waals surface area contributed by atoms with Gasteiger partial charge < -0.3 is 14.5 Å². The highest BCUT2D eigenvalue weighted by Crippen LogP contribution is 2.43. The highest BCUT2D eigenvalue weighted by Gasteiger charge is 2.49. The molecule has 126 valence electrons. The molecule has 2 aliphatic rings.